The average molecular weight is 264 g/mol. The molecule has 5 nitrogen and oxygen atoms in total. The fourth-order valence-electron chi connectivity index (χ4n) is 1.71. The molecular formula is C14H20N2O3. The maximum absolute atomic E-state index is 11.5. The Morgan fingerprint density at radius 3 is 2.63 bits per heavy atom. The molecule has 1 aromatic rings. The molecule has 1 atom stereocenters. The number of amides is 2. The smallest absolute Gasteiger partial charge is 0.246 e. The molecule has 2 amide bonds. The fraction of sp³-hybridized carbons (Fsp3) is 0.429. The third-order valence-corrected chi connectivity index (χ3v) is 2.80. The number of hydrogen-bond donors (Lipinski definition) is 2. The Bertz CT molecular complexity index is 446. The largest absolute Gasteiger partial charge is 0.372 e. The van der Waals surface area contributed by atoms with E-state index in [1.165, 1.54) is 0 Å². The van der Waals surface area contributed by atoms with Crippen LogP contribution in [-0.4, -0.2) is 31.1 Å². The first kappa shape index (κ1) is 15.2. The van der Waals surface area contributed by atoms with E-state index in [4.69, 9.17) is 10.5 Å². The predicted molar refractivity (Wildman–Crippen MR) is 72.5 cm³/mol. The summed E-state index contributed by atoms with van der Waals surface area (Å²) < 4.78 is 4.99. The van der Waals surface area contributed by atoms with Gasteiger partial charge in [-0.3, -0.25) is 9.59 Å². The zero-order valence-electron chi connectivity index (χ0n) is 11.3. The van der Waals surface area contributed by atoms with Gasteiger partial charge in [-0.15, -0.1) is 0 Å². The van der Waals surface area contributed by atoms with Crippen LogP contribution in [0.1, 0.15) is 18.1 Å². The summed E-state index contributed by atoms with van der Waals surface area (Å²) in [6, 6.07) is 6.97. The molecule has 0 saturated carbocycles. The monoisotopic (exact) mass is 264 g/mol. The molecule has 1 rings (SSSR count). The lowest BCUT2D eigenvalue weighted by Crippen LogP contribution is -2.47. The molecule has 5 heteroatoms. The van der Waals surface area contributed by atoms with E-state index in [9.17, 15) is 9.59 Å². The Labute approximate surface area is 113 Å². The van der Waals surface area contributed by atoms with E-state index in [0.29, 0.717) is 13.0 Å². The molecule has 0 radical (unpaired) electrons. The first-order valence-electron chi connectivity index (χ1n) is 6.25. The zero-order chi connectivity index (χ0) is 14.3. The van der Waals surface area contributed by atoms with Crippen molar-refractivity contribution in [1.29, 1.82) is 0 Å². The average Bonchev–Trinajstić information content (AvgIpc) is 2.38. The zero-order valence-corrected chi connectivity index (χ0v) is 11.3. The highest BCUT2D eigenvalue weighted by molar-refractivity contribution is 5.87. The first-order chi connectivity index (χ1) is 9.04. The highest BCUT2D eigenvalue weighted by atomic mass is 16.5. The van der Waals surface area contributed by atoms with Gasteiger partial charge in [-0.05, 0) is 25.0 Å². The van der Waals surface area contributed by atoms with Crippen molar-refractivity contribution in [1.82, 2.24) is 5.32 Å². The van der Waals surface area contributed by atoms with Crippen LogP contribution in [0.2, 0.25) is 0 Å². The van der Waals surface area contributed by atoms with Gasteiger partial charge < -0.3 is 15.8 Å². The normalized spacial score (nSPS) is 11.9. The van der Waals surface area contributed by atoms with E-state index in [2.05, 4.69) is 5.32 Å². The molecule has 19 heavy (non-hydrogen) atoms. The van der Waals surface area contributed by atoms with Crippen molar-refractivity contribution in [3.05, 3.63) is 35.4 Å². The van der Waals surface area contributed by atoms with E-state index < -0.39 is 11.9 Å². The standard InChI is InChI=1S/C14H20N2O3/c1-3-19-9-13(17)16-12(14(15)18)8-11-7-5-4-6-10(11)2/h4-7,12H,3,8-9H2,1-2H3,(H2,15,18)(H,16,17)/t12-/m0/s1. The van der Waals surface area contributed by atoms with Crippen molar-refractivity contribution in [2.75, 3.05) is 13.2 Å². The third-order valence-electron chi connectivity index (χ3n) is 2.80. The number of carbonyl (C=O) groups is 2. The number of primary amides is 1. The second kappa shape index (κ2) is 7.53. The molecule has 104 valence electrons. The molecule has 1 aromatic carbocycles. The van der Waals surface area contributed by atoms with Crippen LogP contribution in [0.4, 0.5) is 0 Å². The Hall–Kier alpha value is -1.88. The van der Waals surface area contributed by atoms with Crippen molar-refractivity contribution in [2.24, 2.45) is 5.73 Å². The van der Waals surface area contributed by atoms with Crippen LogP contribution in [0, 0.1) is 6.92 Å². The molecule has 0 aliphatic carbocycles. The number of rotatable bonds is 7. The summed E-state index contributed by atoms with van der Waals surface area (Å²) in [5.74, 6) is -0.882. The minimum Gasteiger partial charge on any atom is -0.372 e. The van der Waals surface area contributed by atoms with Gasteiger partial charge in [0, 0.05) is 13.0 Å². The summed E-state index contributed by atoms with van der Waals surface area (Å²) in [4.78, 5) is 22.9. The minimum atomic E-state index is -0.714. The van der Waals surface area contributed by atoms with E-state index in [1.807, 2.05) is 31.2 Å². The van der Waals surface area contributed by atoms with Crippen LogP contribution >= 0.6 is 0 Å². The number of hydrogen-bond acceptors (Lipinski definition) is 3. The van der Waals surface area contributed by atoms with Gasteiger partial charge in [-0.25, -0.2) is 0 Å². The predicted octanol–water partition coefficient (Wildman–Crippen LogP) is 0.544. The van der Waals surface area contributed by atoms with Gasteiger partial charge in [0.1, 0.15) is 12.6 Å². The van der Waals surface area contributed by atoms with E-state index >= 15 is 0 Å². The maximum atomic E-state index is 11.5. The van der Waals surface area contributed by atoms with E-state index in [1.54, 1.807) is 6.92 Å². The van der Waals surface area contributed by atoms with Gasteiger partial charge >= 0.3 is 0 Å². The minimum absolute atomic E-state index is 0.0615. The molecule has 0 aliphatic rings. The summed E-state index contributed by atoms with van der Waals surface area (Å²) >= 11 is 0. The van der Waals surface area contributed by atoms with Gasteiger partial charge in [0.05, 0.1) is 0 Å². The number of benzene rings is 1. The Morgan fingerprint density at radius 2 is 2.05 bits per heavy atom. The van der Waals surface area contributed by atoms with Crippen LogP contribution in [-0.2, 0) is 20.7 Å². The second-order valence-electron chi connectivity index (χ2n) is 4.29. The molecule has 0 heterocycles. The molecule has 0 bridgehead atoms. The Balaban J connectivity index is 2.66. The van der Waals surface area contributed by atoms with Gasteiger partial charge in [-0.1, -0.05) is 24.3 Å². The molecule has 0 unspecified atom stereocenters. The number of nitrogens with one attached hydrogen (secondary N) is 1. The number of carbonyl (C=O) groups excluding carboxylic acids is 2. The SMILES string of the molecule is CCOCC(=O)N[C@@H](Cc1ccccc1C)C(N)=O. The first-order valence-corrected chi connectivity index (χ1v) is 6.25. The molecule has 3 N–H and O–H groups in total. The summed E-state index contributed by atoms with van der Waals surface area (Å²) in [5, 5.41) is 2.59. The molecule has 0 spiro atoms. The van der Waals surface area contributed by atoms with Gasteiger partial charge in [0.2, 0.25) is 11.8 Å². The second-order valence-corrected chi connectivity index (χ2v) is 4.29. The molecular weight excluding hydrogens is 244 g/mol. The number of nitrogens with two attached hydrogens (primary N) is 1. The Morgan fingerprint density at radius 1 is 1.37 bits per heavy atom. The molecule has 0 aliphatic heterocycles. The van der Waals surface area contributed by atoms with Crippen molar-refractivity contribution >= 4 is 11.8 Å². The number of ether oxygens (including phenoxy) is 1. The Kier molecular flexibility index (Phi) is 6.02. The maximum Gasteiger partial charge on any atom is 0.246 e. The number of aryl methyl sites for hydroxylation is 1. The van der Waals surface area contributed by atoms with E-state index in [0.717, 1.165) is 11.1 Å². The van der Waals surface area contributed by atoms with Crippen molar-refractivity contribution in [3.8, 4) is 0 Å². The van der Waals surface area contributed by atoms with Crippen molar-refractivity contribution < 1.29 is 14.3 Å². The summed E-state index contributed by atoms with van der Waals surface area (Å²) in [6.07, 6.45) is 0.389. The molecule has 0 aromatic heterocycles. The molecule has 0 fully saturated rings. The topological polar surface area (TPSA) is 81.4 Å². The van der Waals surface area contributed by atoms with Crippen molar-refractivity contribution in [2.45, 2.75) is 26.3 Å². The molecule has 0 saturated heterocycles. The van der Waals surface area contributed by atoms with Crippen molar-refractivity contribution in [3.63, 3.8) is 0 Å². The fourth-order valence-corrected chi connectivity index (χ4v) is 1.71. The quantitative estimate of drug-likeness (QED) is 0.754. The lowest BCUT2D eigenvalue weighted by atomic mass is 10.0. The third kappa shape index (κ3) is 5.09. The van der Waals surface area contributed by atoms with Crippen LogP contribution < -0.4 is 11.1 Å². The lowest BCUT2D eigenvalue weighted by molar-refractivity contribution is -0.130. The van der Waals surface area contributed by atoms with E-state index in [-0.39, 0.29) is 12.5 Å². The highest BCUT2D eigenvalue weighted by Crippen LogP contribution is 2.09. The van der Waals surface area contributed by atoms with Gasteiger partial charge in [0.15, 0.2) is 0 Å². The summed E-state index contributed by atoms with van der Waals surface area (Å²) in [7, 11) is 0. The van der Waals surface area contributed by atoms with Crippen LogP contribution in [0.15, 0.2) is 24.3 Å². The lowest BCUT2D eigenvalue weighted by Gasteiger charge is -2.16. The van der Waals surface area contributed by atoms with Crippen LogP contribution in [0.25, 0.3) is 0 Å². The van der Waals surface area contributed by atoms with Gasteiger partial charge in [-0.2, -0.15) is 0 Å². The van der Waals surface area contributed by atoms with Gasteiger partial charge in [0.25, 0.3) is 0 Å². The summed E-state index contributed by atoms with van der Waals surface area (Å²) in [5.41, 5.74) is 7.37. The highest BCUT2D eigenvalue weighted by Gasteiger charge is 2.19. The summed E-state index contributed by atoms with van der Waals surface area (Å²) in [6.45, 7) is 4.14. The van der Waals surface area contributed by atoms with Crippen LogP contribution in [0.3, 0.4) is 0 Å². The van der Waals surface area contributed by atoms with Crippen LogP contribution in [0.5, 0.6) is 0 Å².